The van der Waals surface area contributed by atoms with Crippen LogP contribution in [0.1, 0.15) is 132 Å². The van der Waals surface area contributed by atoms with Gasteiger partial charge in [0.2, 0.25) is 5.79 Å². The number of Topliss-reactive ketones (excluding diaryl/α,β-unsaturated/α-hetero) is 3. The van der Waals surface area contributed by atoms with E-state index in [4.69, 9.17) is 14.2 Å². The molecule has 0 aromatic carbocycles. The summed E-state index contributed by atoms with van der Waals surface area (Å²) in [4.78, 5) is 70.5. The van der Waals surface area contributed by atoms with Crippen LogP contribution in [0, 0.1) is 35.5 Å². The third-order valence-electron chi connectivity index (χ3n) is 13.9. The summed E-state index contributed by atoms with van der Waals surface area (Å²) >= 11 is 0. The van der Waals surface area contributed by atoms with E-state index in [1.807, 2.05) is 13.8 Å². The number of methoxy groups -OCH3 is 1. The number of allylic oxidation sites excluding steroid dienone is 6. The Morgan fingerprint density at radius 2 is 1.55 bits per heavy atom. The maximum absolute atomic E-state index is 14.3. The summed E-state index contributed by atoms with van der Waals surface area (Å²) in [6.07, 6.45) is 11.3. The van der Waals surface area contributed by atoms with Crippen LogP contribution < -0.4 is 0 Å². The van der Waals surface area contributed by atoms with E-state index in [0.29, 0.717) is 50.0 Å². The summed E-state index contributed by atoms with van der Waals surface area (Å²) in [5, 5.41) is 44.3. The molecule has 4 N–H and O–H groups in total. The molecule has 3 fully saturated rings. The number of aliphatic hydroxyl groups excluding tert-OH is 3. The molecule has 12 atom stereocenters. The summed E-state index contributed by atoms with van der Waals surface area (Å²) in [6.45, 7) is 19.6. The fourth-order valence-electron chi connectivity index (χ4n) is 9.34. The minimum absolute atomic E-state index is 0.0439. The summed E-state index contributed by atoms with van der Waals surface area (Å²) in [5.41, 5.74) is 0.906. The lowest BCUT2D eigenvalue weighted by atomic mass is 9.79. The number of likely N-dealkylation sites (tertiary alicyclic amines) is 1. The maximum Gasteiger partial charge on any atom is 0.329 e. The number of hydrogen-bond acceptors (Lipinski definition) is 12. The molecule has 3 rings (SSSR count). The van der Waals surface area contributed by atoms with Gasteiger partial charge in [0.1, 0.15) is 30.1 Å². The number of piperidine rings is 1. The van der Waals surface area contributed by atoms with Crippen LogP contribution in [-0.2, 0) is 38.2 Å². The van der Waals surface area contributed by atoms with Gasteiger partial charge in [0.15, 0.2) is 5.78 Å². The third kappa shape index (κ3) is 15.2. The Bertz CT molecular complexity index is 1690. The van der Waals surface area contributed by atoms with Gasteiger partial charge in [0, 0.05) is 44.2 Å². The minimum atomic E-state index is -2.47. The summed E-state index contributed by atoms with van der Waals surface area (Å²) in [7, 11) is 1.71. The molecular formula is C51H79NO12. The van der Waals surface area contributed by atoms with E-state index in [1.54, 1.807) is 72.1 Å². The van der Waals surface area contributed by atoms with Crippen molar-refractivity contribution in [2.45, 2.75) is 180 Å². The van der Waals surface area contributed by atoms with Crippen molar-refractivity contribution in [3.63, 3.8) is 0 Å². The lowest BCUT2D eigenvalue weighted by molar-refractivity contribution is -0.265. The Balaban J connectivity index is 1.81. The molecule has 0 aromatic heterocycles. The van der Waals surface area contributed by atoms with E-state index in [1.165, 1.54) is 6.08 Å². The maximum atomic E-state index is 14.3. The number of ether oxygens (including phenoxy) is 3. The molecule has 1 saturated carbocycles. The van der Waals surface area contributed by atoms with Gasteiger partial charge in [-0.05, 0) is 113 Å². The molecule has 1 amide bonds. The molecule has 360 valence electrons. The van der Waals surface area contributed by atoms with Gasteiger partial charge < -0.3 is 39.5 Å². The van der Waals surface area contributed by atoms with Crippen molar-refractivity contribution in [3.8, 4) is 0 Å². The van der Waals surface area contributed by atoms with Crippen LogP contribution >= 0.6 is 0 Å². The number of hydrogen-bond donors (Lipinski definition) is 4. The molecule has 13 nitrogen and oxygen atoms in total. The van der Waals surface area contributed by atoms with Crippen LogP contribution in [-0.4, -0.2) is 117 Å². The second kappa shape index (κ2) is 25.9. The van der Waals surface area contributed by atoms with E-state index in [-0.39, 0.29) is 55.1 Å². The van der Waals surface area contributed by atoms with Gasteiger partial charge in [-0.15, -0.1) is 6.58 Å². The quantitative estimate of drug-likeness (QED) is 0.0347. The number of ketones is 3. The topological polar surface area (TPSA) is 197 Å². The summed E-state index contributed by atoms with van der Waals surface area (Å²) in [5.74, 6) is -8.20. The van der Waals surface area contributed by atoms with Crippen LogP contribution in [0.5, 0.6) is 0 Å². The van der Waals surface area contributed by atoms with Crippen molar-refractivity contribution in [3.05, 3.63) is 60.8 Å². The molecule has 0 spiro atoms. The third-order valence-corrected chi connectivity index (χ3v) is 13.9. The van der Waals surface area contributed by atoms with Gasteiger partial charge >= 0.3 is 5.97 Å². The molecule has 64 heavy (non-hydrogen) atoms. The Morgan fingerprint density at radius 3 is 2.17 bits per heavy atom. The normalized spacial score (nSPS) is 28.5. The highest BCUT2D eigenvalue weighted by atomic mass is 16.6. The van der Waals surface area contributed by atoms with E-state index in [2.05, 4.69) is 13.2 Å². The molecule has 1 aliphatic carbocycles. The van der Waals surface area contributed by atoms with Crippen molar-refractivity contribution in [2.24, 2.45) is 35.5 Å². The molecule has 3 aliphatic rings. The van der Waals surface area contributed by atoms with Crippen molar-refractivity contribution < 1.29 is 58.6 Å². The Morgan fingerprint density at radius 1 is 0.875 bits per heavy atom. The first-order valence-corrected chi connectivity index (χ1v) is 23.5. The predicted molar refractivity (Wildman–Crippen MR) is 245 cm³/mol. The largest absolute Gasteiger partial charge is 0.460 e. The van der Waals surface area contributed by atoms with E-state index in [0.717, 1.165) is 30.6 Å². The van der Waals surface area contributed by atoms with Gasteiger partial charge in [-0.25, -0.2) is 4.79 Å². The van der Waals surface area contributed by atoms with Crippen molar-refractivity contribution in [1.29, 1.82) is 0 Å². The highest BCUT2D eigenvalue weighted by molar-refractivity contribution is 6.39. The highest BCUT2D eigenvalue weighted by Crippen LogP contribution is 2.37. The number of carbonyl (C=O) groups is 5. The number of amides is 1. The van der Waals surface area contributed by atoms with Gasteiger partial charge in [-0.1, -0.05) is 77.7 Å². The molecule has 0 bridgehead atoms. The number of carbonyl (C=O) groups excluding carboxylic acids is 5. The first kappa shape index (κ1) is 54.7. The fraction of sp³-hybridized carbons (Fsp3) is 0.706. The second-order valence-electron chi connectivity index (χ2n) is 19.1. The van der Waals surface area contributed by atoms with Crippen molar-refractivity contribution in [1.82, 2.24) is 4.90 Å². The summed E-state index contributed by atoms with van der Waals surface area (Å²) < 4.78 is 17.8. The monoisotopic (exact) mass is 898 g/mol. The number of nitrogens with zero attached hydrogens (tertiary/aromatic N) is 1. The zero-order valence-corrected chi connectivity index (χ0v) is 39.8. The standard InChI is InChI=1S/C51H79NO12/c1-11-13-14-17-32(4)42(53)29-40-22-19-37(9)51(61,64-40)48(58)49(59)52-25-16-15-18-41(52)50(60)63-44(34(6)28-38-20-23-39(62-10)24-21-38)30-43(54)33(5)27-36(8)46(56)47(57)45(55)35(7)26-31(3)12-2/h11-14,17,27,31,33-35,37-42,44,46-47,53,56-57,61H,1-2,15-16,18-26,28-30H2,3-10H3/b14-13+,32-17+,36-27+/t31-,33+,34+,35+,37+,38?,39?,40-,41-,42-,44-,46+,47-,51+/m0/s1. The van der Waals surface area contributed by atoms with Crippen LogP contribution in [0.15, 0.2) is 60.8 Å². The number of esters is 1. The highest BCUT2D eigenvalue weighted by Gasteiger charge is 2.53. The van der Waals surface area contributed by atoms with Gasteiger partial charge in [-0.3, -0.25) is 19.2 Å². The van der Waals surface area contributed by atoms with Crippen LogP contribution in [0.25, 0.3) is 0 Å². The Hall–Kier alpha value is -3.59. The molecule has 0 aromatic rings. The van der Waals surface area contributed by atoms with Gasteiger partial charge in [0.25, 0.3) is 11.7 Å². The number of rotatable bonds is 24. The Kier molecular flexibility index (Phi) is 22.2. The average molecular weight is 898 g/mol. The summed E-state index contributed by atoms with van der Waals surface area (Å²) in [6, 6.07) is -1.14. The predicted octanol–water partition coefficient (Wildman–Crippen LogP) is 6.70. The van der Waals surface area contributed by atoms with Crippen LogP contribution in [0.4, 0.5) is 0 Å². The Labute approximate surface area is 382 Å². The lowest BCUT2D eigenvalue weighted by Crippen LogP contribution is -2.61. The second-order valence-corrected chi connectivity index (χ2v) is 19.1. The smallest absolute Gasteiger partial charge is 0.329 e. The van der Waals surface area contributed by atoms with Crippen molar-refractivity contribution in [2.75, 3.05) is 13.7 Å². The van der Waals surface area contributed by atoms with Crippen LogP contribution in [0.3, 0.4) is 0 Å². The van der Waals surface area contributed by atoms with Crippen molar-refractivity contribution >= 4 is 29.2 Å². The average Bonchev–Trinajstić information content (AvgIpc) is 3.28. The molecule has 13 heteroatoms. The molecular weight excluding hydrogens is 819 g/mol. The minimum Gasteiger partial charge on any atom is -0.460 e. The first-order valence-electron chi connectivity index (χ1n) is 23.5. The van der Waals surface area contributed by atoms with Gasteiger partial charge in [-0.2, -0.15) is 0 Å². The molecule has 2 saturated heterocycles. The van der Waals surface area contributed by atoms with E-state index >= 15 is 0 Å². The van der Waals surface area contributed by atoms with E-state index in [9.17, 15) is 44.4 Å². The first-order chi connectivity index (χ1) is 30.2. The number of aliphatic hydroxyl groups is 4. The zero-order valence-electron chi connectivity index (χ0n) is 39.8. The molecule has 2 heterocycles. The molecule has 0 radical (unpaired) electrons. The molecule has 0 unspecified atom stereocenters. The van der Waals surface area contributed by atoms with Gasteiger partial charge in [0.05, 0.1) is 18.3 Å². The van der Waals surface area contributed by atoms with Crippen LogP contribution in [0.2, 0.25) is 0 Å². The molecule has 2 aliphatic heterocycles. The lowest BCUT2D eigenvalue weighted by Gasteiger charge is -2.42. The SMILES string of the molecule is C=C/C=C/C=C(\C)[C@@H](O)C[C@@H]1CC[C@@H](C)[C@](O)(C(=O)C(=O)N2CCCC[C@H]2C(=O)O[C@@H](CC(=O)[C@H](C)/C=C(\C)[C@@H](O)[C@@H](O)C(=O)[C@H](C)C[C@@H](C)C=C)[C@H](C)CC2CCC(OC)CC2)O1. The van der Waals surface area contributed by atoms with E-state index < -0.39 is 83.5 Å². The zero-order chi connectivity index (χ0) is 47.9. The fourth-order valence-corrected chi connectivity index (χ4v) is 9.34.